The summed E-state index contributed by atoms with van der Waals surface area (Å²) >= 11 is 0. The van der Waals surface area contributed by atoms with Gasteiger partial charge in [0, 0.05) is 68.1 Å². The van der Waals surface area contributed by atoms with Crippen molar-refractivity contribution in [3.8, 4) is 0 Å². The van der Waals surface area contributed by atoms with E-state index < -0.39 is 72.7 Å². The highest BCUT2D eigenvalue weighted by atomic mass is 16.8. The Hall–Kier alpha value is -1.30. The molecule has 2 fully saturated rings. The Morgan fingerprint density at radius 3 is 2.10 bits per heavy atom. The first-order valence-corrected chi connectivity index (χ1v) is 12.6. The molecule has 0 aliphatic carbocycles. The average Bonchev–Trinajstić information content (AvgIpc) is 2.97. The summed E-state index contributed by atoms with van der Waals surface area (Å²) in [4.78, 5) is 25.6. The van der Waals surface area contributed by atoms with E-state index in [4.69, 9.17) is 52.1 Å². The molecule has 0 amide bonds. The van der Waals surface area contributed by atoms with Crippen LogP contribution in [-0.4, -0.2) is 150 Å². The molecule has 2 aliphatic heterocycles. The number of nitrogens with one attached hydrogen (secondary N) is 1. The first-order chi connectivity index (χ1) is 18.8. The fourth-order valence-corrected chi connectivity index (χ4v) is 5.42. The van der Waals surface area contributed by atoms with Crippen LogP contribution < -0.4 is 5.32 Å². The first-order valence-electron chi connectivity index (χ1n) is 12.6. The highest BCUT2D eigenvalue weighted by molar-refractivity contribution is 5.79. The van der Waals surface area contributed by atoms with Gasteiger partial charge in [0.25, 0.3) is 5.79 Å². The summed E-state index contributed by atoms with van der Waals surface area (Å²) in [5.41, 5.74) is 0. The van der Waals surface area contributed by atoms with Crippen molar-refractivity contribution >= 4 is 12.3 Å². The number of esters is 1. The van der Waals surface area contributed by atoms with Gasteiger partial charge < -0.3 is 62.2 Å². The monoisotopic (exact) mass is 567 g/mol. The molecule has 228 valence electrons. The number of hydrogen-bond acceptors (Lipinski definition) is 14. The van der Waals surface area contributed by atoms with Gasteiger partial charge in [0.15, 0.2) is 6.29 Å². The second kappa shape index (κ2) is 16.2. The quantitative estimate of drug-likeness (QED) is 0.182. The van der Waals surface area contributed by atoms with Crippen molar-refractivity contribution < 1.29 is 61.7 Å². The fourth-order valence-electron chi connectivity index (χ4n) is 5.42. The maximum absolute atomic E-state index is 13.3. The van der Waals surface area contributed by atoms with Crippen LogP contribution in [0, 0.1) is 5.92 Å². The summed E-state index contributed by atoms with van der Waals surface area (Å²) in [6.45, 7) is -0.0260. The van der Waals surface area contributed by atoms with Crippen LogP contribution in [0.5, 0.6) is 0 Å². The topological polar surface area (TPSA) is 148 Å². The van der Waals surface area contributed by atoms with Crippen LogP contribution >= 0.6 is 0 Å². The maximum Gasteiger partial charge on any atom is 0.366 e. The highest BCUT2D eigenvalue weighted by Gasteiger charge is 2.57. The molecular formula is C25H45NO13. The predicted molar refractivity (Wildman–Crippen MR) is 134 cm³/mol. The predicted octanol–water partition coefficient (Wildman–Crippen LogP) is -0.843. The van der Waals surface area contributed by atoms with Gasteiger partial charge in [-0.05, 0) is 7.05 Å². The molecule has 0 saturated carbocycles. The van der Waals surface area contributed by atoms with Gasteiger partial charge in [0.1, 0.15) is 49.0 Å². The number of carbonyl (C=O) groups is 2. The van der Waals surface area contributed by atoms with Gasteiger partial charge in [-0.1, -0.05) is 0 Å². The summed E-state index contributed by atoms with van der Waals surface area (Å²) in [7, 11) is 13.4. The number of methoxy groups -OCH3 is 8. The van der Waals surface area contributed by atoms with Gasteiger partial charge in [-0.2, -0.15) is 0 Å². The van der Waals surface area contributed by atoms with Crippen molar-refractivity contribution in [2.24, 2.45) is 5.92 Å². The van der Waals surface area contributed by atoms with Crippen LogP contribution in [0.3, 0.4) is 0 Å². The van der Waals surface area contributed by atoms with E-state index in [9.17, 15) is 9.59 Å². The van der Waals surface area contributed by atoms with E-state index >= 15 is 0 Å². The van der Waals surface area contributed by atoms with Gasteiger partial charge in [-0.15, -0.1) is 0 Å². The summed E-state index contributed by atoms with van der Waals surface area (Å²) in [5.74, 6) is -3.52. The minimum atomic E-state index is -1.98. The Kier molecular flexibility index (Phi) is 14.1. The van der Waals surface area contributed by atoms with E-state index in [1.54, 1.807) is 7.05 Å². The number of aldehydes is 1. The molecule has 14 heteroatoms. The zero-order valence-corrected chi connectivity index (χ0v) is 24.3. The molecule has 0 aromatic heterocycles. The van der Waals surface area contributed by atoms with Crippen LogP contribution in [0.2, 0.25) is 0 Å². The zero-order chi connectivity index (χ0) is 29.2. The number of carbonyl (C=O) groups excluding carboxylic acids is 2. The molecule has 0 bridgehead atoms. The molecule has 2 saturated heterocycles. The molecular weight excluding hydrogens is 522 g/mol. The second-order valence-electron chi connectivity index (χ2n) is 9.27. The highest BCUT2D eigenvalue weighted by Crippen LogP contribution is 2.38. The number of hydrogen-bond donors (Lipinski definition) is 1. The molecule has 2 rings (SSSR count). The number of likely N-dealkylation sites (N-methyl/N-ethyl adjacent to an activating group) is 1. The summed E-state index contributed by atoms with van der Waals surface area (Å²) in [6.07, 6.45) is -4.99. The van der Waals surface area contributed by atoms with E-state index in [2.05, 4.69) is 5.32 Å². The third-order valence-corrected chi connectivity index (χ3v) is 7.37. The Bertz CT molecular complexity index is 745. The zero-order valence-electron chi connectivity index (χ0n) is 24.3. The van der Waals surface area contributed by atoms with Gasteiger partial charge in [-0.3, -0.25) is 0 Å². The van der Waals surface area contributed by atoms with Crippen molar-refractivity contribution in [1.82, 2.24) is 5.32 Å². The van der Waals surface area contributed by atoms with Crippen LogP contribution in [0.1, 0.15) is 6.42 Å². The van der Waals surface area contributed by atoms with Crippen LogP contribution in [0.15, 0.2) is 0 Å². The SMILES string of the molecule is CN[C@@H]1C(C=O)C[C@](OCC2O[C@@H](OC)C(OC)C(OC)[C@H]2OC)(C(=O)OC)OC1C(OC)C(COC)OC. The van der Waals surface area contributed by atoms with E-state index in [1.807, 2.05) is 0 Å². The minimum Gasteiger partial charge on any atom is -0.465 e. The summed E-state index contributed by atoms with van der Waals surface area (Å²) < 4.78 is 62.7. The van der Waals surface area contributed by atoms with Crippen LogP contribution in [-0.2, 0) is 61.7 Å². The molecule has 7 unspecified atom stereocenters. The summed E-state index contributed by atoms with van der Waals surface area (Å²) in [5, 5.41) is 3.11. The molecule has 2 heterocycles. The lowest BCUT2D eigenvalue weighted by Gasteiger charge is -2.49. The normalized spacial score (nSPS) is 36.7. The Balaban J connectivity index is 2.45. The van der Waals surface area contributed by atoms with Crippen molar-refractivity contribution in [2.45, 2.75) is 67.3 Å². The Morgan fingerprint density at radius 2 is 1.64 bits per heavy atom. The van der Waals surface area contributed by atoms with E-state index in [-0.39, 0.29) is 19.6 Å². The molecule has 0 aromatic carbocycles. The van der Waals surface area contributed by atoms with Gasteiger partial charge >= 0.3 is 5.97 Å². The van der Waals surface area contributed by atoms with Crippen molar-refractivity contribution in [1.29, 1.82) is 0 Å². The maximum atomic E-state index is 13.3. The third kappa shape index (κ3) is 7.32. The fraction of sp³-hybridized carbons (Fsp3) is 0.920. The molecule has 2 aliphatic rings. The van der Waals surface area contributed by atoms with Crippen LogP contribution in [0.4, 0.5) is 0 Å². The van der Waals surface area contributed by atoms with Crippen molar-refractivity contribution in [3.05, 3.63) is 0 Å². The molecule has 1 N–H and O–H groups in total. The number of rotatable bonds is 16. The largest absolute Gasteiger partial charge is 0.465 e. The lowest BCUT2D eigenvalue weighted by Crippen LogP contribution is -2.67. The molecule has 0 aromatic rings. The molecule has 0 spiro atoms. The van der Waals surface area contributed by atoms with Gasteiger partial charge in [-0.25, -0.2) is 4.79 Å². The average molecular weight is 568 g/mol. The lowest BCUT2D eigenvalue weighted by atomic mass is 9.82. The van der Waals surface area contributed by atoms with Gasteiger partial charge in [0.2, 0.25) is 0 Å². The Labute approximate surface area is 230 Å². The Morgan fingerprint density at radius 1 is 0.974 bits per heavy atom. The van der Waals surface area contributed by atoms with E-state index in [1.165, 1.54) is 56.9 Å². The van der Waals surface area contributed by atoms with Crippen molar-refractivity contribution in [2.75, 3.05) is 77.1 Å². The standard InChI is InChI=1S/C25H45NO13/c1-26-17-14(11-27)10-25(24(28)36-9,39-20(17)18(31-4)15(30-3)12-29-2)37-13-16-19(32-5)21(33-6)22(34-7)23(35-8)38-16/h11,14-23,26H,10,12-13H2,1-9H3/t14?,15?,16?,17-,18?,19+,20?,21?,22?,23-,25-/m1/s1. The molecule has 0 radical (unpaired) electrons. The molecule has 39 heavy (non-hydrogen) atoms. The van der Waals surface area contributed by atoms with E-state index in [0.29, 0.717) is 0 Å². The van der Waals surface area contributed by atoms with Crippen LogP contribution in [0.25, 0.3) is 0 Å². The number of ether oxygens (including phenoxy) is 11. The lowest BCUT2D eigenvalue weighted by molar-refractivity contribution is -0.338. The third-order valence-electron chi connectivity index (χ3n) is 7.37. The second-order valence-corrected chi connectivity index (χ2v) is 9.27. The molecule has 11 atom stereocenters. The van der Waals surface area contributed by atoms with E-state index in [0.717, 1.165) is 6.29 Å². The minimum absolute atomic E-state index is 0.129. The first kappa shape index (κ1) is 33.9. The molecule has 14 nitrogen and oxygen atoms in total. The van der Waals surface area contributed by atoms with Gasteiger partial charge in [0.05, 0.1) is 20.3 Å². The smallest absolute Gasteiger partial charge is 0.366 e. The van der Waals surface area contributed by atoms with Crippen molar-refractivity contribution in [3.63, 3.8) is 0 Å². The summed E-state index contributed by atoms with van der Waals surface area (Å²) in [6, 6.07) is -0.542.